The molecular weight excluding hydrogens is 690 g/mol. The number of rotatable bonds is 22. The maximum Gasteiger partial charge on any atom is 0.220 e. The fraction of sp³-hybridized carbons (Fsp3) is 0.781. The molecule has 20 heteroatoms. The van der Waals surface area contributed by atoms with E-state index in [9.17, 15) is 19.8 Å². The highest BCUT2D eigenvalue weighted by atomic mass is 16.7. The zero-order valence-corrected chi connectivity index (χ0v) is 30.0. The van der Waals surface area contributed by atoms with Gasteiger partial charge in [-0.15, -0.1) is 0 Å². The predicted molar refractivity (Wildman–Crippen MR) is 182 cm³/mol. The Kier molecular flexibility index (Phi) is 16.7. The number of amides is 2. The average Bonchev–Trinajstić information content (AvgIpc) is 3.70. The highest BCUT2D eigenvalue weighted by Gasteiger charge is 2.48. The molecule has 8 N–H and O–H groups in total. The van der Waals surface area contributed by atoms with Gasteiger partial charge in [0.25, 0.3) is 0 Å². The summed E-state index contributed by atoms with van der Waals surface area (Å²) in [4.78, 5) is 36.5. The normalized spacial score (nSPS) is 27.7. The standard InChI is InChI=1S/C32H53N7O13/c1-18(2)49-14-21-27(45-4)28(31(51-21)39-16-37-24-29(33)35-15-36-30(24)39)50-17-47-12-11-46-10-8-34-22(42)7-5-6-9-48-32-23(38-19(3)41)26(44)25(43)20(13-40)52-32/h15-16,18,20-21,23,25-28,31-32,40,43-44H,5-14,17H2,1-4H3,(H,34,42)(H,38,41)(H2,33,35,36)/p+1/t20-,21-,23-,25+,26-,27-,28-,31-,32-/m1/s1. The summed E-state index contributed by atoms with van der Waals surface area (Å²) in [5.74, 6) is -0.318. The smallest absolute Gasteiger partial charge is 0.220 e. The molecule has 2 amide bonds. The minimum atomic E-state index is -1.34. The molecule has 0 aromatic carbocycles. The summed E-state index contributed by atoms with van der Waals surface area (Å²) < 4.78 is 48.3. The Bertz CT molecular complexity index is 1390. The van der Waals surface area contributed by atoms with Crippen LogP contribution in [0.1, 0.15) is 46.3 Å². The zero-order valence-electron chi connectivity index (χ0n) is 30.0. The van der Waals surface area contributed by atoms with E-state index >= 15 is 0 Å². The van der Waals surface area contributed by atoms with E-state index in [0.717, 1.165) is 0 Å². The van der Waals surface area contributed by atoms with Gasteiger partial charge < -0.3 is 69.6 Å². The molecule has 2 saturated heterocycles. The molecule has 2 aromatic rings. The molecule has 2 aliphatic rings. The van der Waals surface area contributed by atoms with Gasteiger partial charge in [-0.25, -0.2) is 15.0 Å². The molecule has 4 rings (SSSR count). The molecule has 52 heavy (non-hydrogen) atoms. The second-order valence-electron chi connectivity index (χ2n) is 12.6. The van der Waals surface area contributed by atoms with E-state index in [0.29, 0.717) is 37.2 Å². The second kappa shape index (κ2) is 20.9. The number of carbonyl (C=O) groups excluding carboxylic acids is 2. The van der Waals surface area contributed by atoms with Crippen molar-refractivity contribution in [1.82, 2.24) is 30.2 Å². The van der Waals surface area contributed by atoms with Crippen molar-refractivity contribution in [3.63, 3.8) is 0 Å². The topological polar surface area (TPSA) is 265 Å². The van der Waals surface area contributed by atoms with Crippen LogP contribution in [0.25, 0.3) is 11.2 Å². The van der Waals surface area contributed by atoms with Gasteiger partial charge in [-0.2, -0.15) is 0 Å². The number of carbonyl (C=O) groups is 2. The molecule has 2 aromatic heterocycles. The Morgan fingerprint density at radius 1 is 1.02 bits per heavy atom. The van der Waals surface area contributed by atoms with Crippen LogP contribution in [0.5, 0.6) is 0 Å². The second-order valence-corrected chi connectivity index (χ2v) is 12.6. The number of fused-ring (bicyclic) bond motifs is 1. The number of unbranched alkanes of at least 4 members (excludes halogenated alkanes) is 1. The zero-order chi connectivity index (χ0) is 37.6. The summed E-state index contributed by atoms with van der Waals surface area (Å²) in [6.45, 7) is 6.41. The molecule has 9 atom stereocenters. The molecule has 0 spiro atoms. The molecular formula is C32H54N7O13+. The maximum absolute atomic E-state index is 12.2. The predicted octanol–water partition coefficient (Wildman–Crippen LogP) is -1.90. The first-order valence-corrected chi connectivity index (χ1v) is 17.4. The number of methoxy groups -OCH3 is 1. The summed E-state index contributed by atoms with van der Waals surface area (Å²) >= 11 is 0. The van der Waals surface area contributed by atoms with Crippen LogP contribution in [0, 0.1) is 0 Å². The number of nitrogens with zero attached hydrogens (tertiary/aromatic N) is 4. The molecule has 20 nitrogen and oxygen atoms in total. The van der Waals surface area contributed by atoms with Gasteiger partial charge >= 0.3 is 0 Å². The van der Waals surface area contributed by atoms with Gasteiger partial charge in [-0.3, -0.25) is 14.2 Å². The van der Waals surface area contributed by atoms with E-state index in [1.807, 2.05) is 13.8 Å². The Hall–Kier alpha value is -3.15. The van der Waals surface area contributed by atoms with E-state index in [2.05, 4.69) is 25.6 Å². The highest BCUT2D eigenvalue weighted by Crippen LogP contribution is 2.35. The van der Waals surface area contributed by atoms with Crippen molar-refractivity contribution in [3.05, 3.63) is 12.7 Å². The Labute approximate surface area is 301 Å². The first-order chi connectivity index (χ1) is 25.0. The van der Waals surface area contributed by atoms with Gasteiger partial charge in [0.15, 0.2) is 36.7 Å². The van der Waals surface area contributed by atoms with Gasteiger partial charge in [0.1, 0.15) is 55.2 Å². The number of aromatic nitrogens is 4. The fourth-order valence-electron chi connectivity index (χ4n) is 5.85. The van der Waals surface area contributed by atoms with Crippen molar-refractivity contribution in [2.45, 2.75) is 101 Å². The number of aliphatic hydroxyl groups excluding tert-OH is 2. The minimum Gasteiger partial charge on any atom is -0.443 e. The summed E-state index contributed by atoms with van der Waals surface area (Å²) in [6.07, 6.45) is -2.58. The van der Waals surface area contributed by atoms with Crippen LogP contribution in [0.2, 0.25) is 0 Å². The van der Waals surface area contributed by atoms with Crippen molar-refractivity contribution in [2.24, 2.45) is 0 Å². The van der Waals surface area contributed by atoms with E-state index in [1.165, 1.54) is 13.3 Å². The molecule has 4 heterocycles. The number of aliphatic hydroxyl groups is 2. The quantitative estimate of drug-likeness (QED) is 0.0501. The molecule has 0 bridgehead atoms. The lowest BCUT2D eigenvalue weighted by molar-refractivity contribution is -0.270. The van der Waals surface area contributed by atoms with Crippen LogP contribution < -0.4 is 16.4 Å². The summed E-state index contributed by atoms with van der Waals surface area (Å²) in [6, 6.07) is -0.984. The van der Waals surface area contributed by atoms with Gasteiger partial charge in [0.2, 0.25) is 11.8 Å². The molecule has 0 aliphatic carbocycles. The largest absolute Gasteiger partial charge is 0.443 e. The van der Waals surface area contributed by atoms with Gasteiger partial charge in [-0.05, 0) is 26.7 Å². The van der Waals surface area contributed by atoms with Crippen LogP contribution in [0.3, 0.4) is 0 Å². The number of anilines is 1. The van der Waals surface area contributed by atoms with Crippen molar-refractivity contribution < 1.29 is 62.8 Å². The number of nitrogens with two attached hydrogens (primary N) is 1. The molecule has 0 unspecified atom stereocenters. The van der Waals surface area contributed by atoms with E-state index in [1.54, 1.807) is 18.0 Å². The first-order valence-electron chi connectivity index (χ1n) is 17.4. The SMILES string of the molecule is CO[C@H]1[C@@H](OCOCCOCCNC(=O)CCCCO[C@@H]2O[C@H](C[OH2+])[C@H](O)[C@H](O)[C@H]2NC(C)=O)[C@H](n2cnc3c(N)ncnc32)O[C@@H]1COC(C)C. The van der Waals surface area contributed by atoms with Gasteiger partial charge in [0.05, 0.1) is 38.9 Å². The van der Waals surface area contributed by atoms with Crippen LogP contribution in [0.4, 0.5) is 5.82 Å². The lowest BCUT2D eigenvalue weighted by Crippen LogP contribution is -2.64. The highest BCUT2D eigenvalue weighted by molar-refractivity contribution is 5.81. The third-order valence-electron chi connectivity index (χ3n) is 8.45. The average molecular weight is 745 g/mol. The van der Waals surface area contributed by atoms with Crippen molar-refractivity contribution in [2.75, 3.05) is 65.8 Å². The van der Waals surface area contributed by atoms with Crippen LogP contribution in [0.15, 0.2) is 12.7 Å². The summed E-state index contributed by atoms with van der Waals surface area (Å²) in [5, 5.41) is 33.3. The number of hydrogen-bond acceptors (Lipinski definition) is 16. The van der Waals surface area contributed by atoms with Crippen LogP contribution in [-0.2, 0) is 47.5 Å². The lowest BCUT2D eigenvalue weighted by Gasteiger charge is -2.41. The van der Waals surface area contributed by atoms with Gasteiger partial charge in [-0.1, -0.05) is 0 Å². The monoisotopic (exact) mass is 744 g/mol. The Morgan fingerprint density at radius 2 is 1.81 bits per heavy atom. The lowest BCUT2D eigenvalue weighted by atomic mass is 9.97. The van der Waals surface area contributed by atoms with E-state index in [4.69, 9.17) is 48.7 Å². The number of ether oxygens (including phenoxy) is 8. The van der Waals surface area contributed by atoms with Crippen molar-refractivity contribution in [3.8, 4) is 0 Å². The molecule has 0 saturated carbocycles. The Balaban J connectivity index is 1.10. The number of nitrogen functional groups attached to an aromatic ring is 1. The summed E-state index contributed by atoms with van der Waals surface area (Å²) in [5.41, 5.74) is 6.93. The number of hydrogen-bond donors (Lipinski definition) is 5. The van der Waals surface area contributed by atoms with Crippen molar-refractivity contribution >= 4 is 28.8 Å². The van der Waals surface area contributed by atoms with Gasteiger partial charge in [0, 0.05) is 33.6 Å². The molecule has 2 aliphatic heterocycles. The molecule has 0 radical (unpaired) electrons. The number of nitrogens with one attached hydrogen (secondary N) is 2. The van der Waals surface area contributed by atoms with E-state index < -0.39 is 61.1 Å². The number of imidazole rings is 1. The Morgan fingerprint density at radius 3 is 2.54 bits per heavy atom. The van der Waals surface area contributed by atoms with Crippen LogP contribution in [-0.4, -0.2) is 162 Å². The third kappa shape index (κ3) is 11.4. The van der Waals surface area contributed by atoms with Crippen molar-refractivity contribution in [1.29, 1.82) is 0 Å². The first kappa shape index (κ1) is 41.6. The molecule has 294 valence electrons. The summed E-state index contributed by atoms with van der Waals surface area (Å²) in [7, 11) is 1.58. The maximum atomic E-state index is 12.2. The van der Waals surface area contributed by atoms with E-state index in [-0.39, 0.29) is 64.1 Å². The molecule has 2 fully saturated rings. The van der Waals surface area contributed by atoms with Crippen LogP contribution >= 0.6 is 0 Å². The minimum absolute atomic E-state index is 0.00351. The fourth-order valence-corrected chi connectivity index (χ4v) is 5.85. The third-order valence-corrected chi connectivity index (χ3v) is 8.45.